The van der Waals surface area contributed by atoms with Crippen LogP contribution in [0.3, 0.4) is 0 Å². The van der Waals surface area contributed by atoms with Crippen molar-refractivity contribution in [3.05, 3.63) is 66.1 Å². The predicted octanol–water partition coefficient (Wildman–Crippen LogP) is 4.94. The Hall–Kier alpha value is -2.66. The Balaban J connectivity index is 1.49. The molecule has 0 atom stereocenters. The number of rotatable bonds is 9. The highest BCUT2D eigenvalue weighted by atomic mass is 16.5. The highest BCUT2D eigenvalue weighted by Gasteiger charge is 2.23. The molecule has 4 rings (SSSR count). The third-order valence-electron chi connectivity index (χ3n) is 5.24. The van der Waals surface area contributed by atoms with Crippen molar-refractivity contribution in [1.82, 2.24) is 15.0 Å². The van der Waals surface area contributed by atoms with Gasteiger partial charge in [0.15, 0.2) is 0 Å². The third kappa shape index (κ3) is 4.60. The first-order valence-corrected chi connectivity index (χ1v) is 10.1. The predicted molar refractivity (Wildman–Crippen MR) is 109 cm³/mol. The Morgan fingerprint density at radius 1 is 1.04 bits per heavy atom. The minimum absolute atomic E-state index is 0.586. The van der Waals surface area contributed by atoms with E-state index in [0.717, 1.165) is 30.3 Å². The smallest absolute Gasteiger partial charge is 0.241 e. The molecule has 146 valence electrons. The molecule has 0 aliphatic heterocycles. The van der Waals surface area contributed by atoms with Crippen LogP contribution in [0, 0.1) is 5.92 Å². The summed E-state index contributed by atoms with van der Waals surface area (Å²) in [6.07, 6.45) is 3.99. The van der Waals surface area contributed by atoms with E-state index in [1.165, 1.54) is 24.8 Å². The maximum atomic E-state index is 5.70. The maximum Gasteiger partial charge on any atom is 0.241 e. The molecule has 0 amide bonds. The maximum absolute atomic E-state index is 5.70. The number of hydrogen-bond acceptors (Lipinski definition) is 5. The molecule has 5 heteroatoms. The molecule has 1 fully saturated rings. The molecule has 0 bridgehead atoms. The monoisotopic (exact) mass is 377 g/mol. The van der Waals surface area contributed by atoms with E-state index < -0.39 is 0 Å². The lowest BCUT2D eigenvalue weighted by molar-refractivity contribution is 0.149. The second-order valence-electron chi connectivity index (χ2n) is 7.39. The van der Waals surface area contributed by atoms with Gasteiger partial charge < -0.3 is 9.26 Å². The highest BCUT2D eigenvalue weighted by molar-refractivity contribution is 5.63. The summed E-state index contributed by atoms with van der Waals surface area (Å²) >= 11 is 0. The molecule has 3 aromatic rings. The Morgan fingerprint density at radius 3 is 2.57 bits per heavy atom. The molecule has 0 N–H and O–H groups in total. The van der Waals surface area contributed by atoms with Gasteiger partial charge in [-0.1, -0.05) is 54.0 Å². The van der Waals surface area contributed by atoms with Crippen LogP contribution in [-0.4, -0.2) is 28.2 Å². The van der Waals surface area contributed by atoms with Crippen molar-refractivity contribution < 1.29 is 9.26 Å². The molecular formula is C23H27N3O2. The summed E-state index contributed by atoms with van der Waals surface area (Å²) in [7, 11) is 0. The molecule has 0 spiro atoms. The van der Waals surface area contributed by atoms with Crippen LogP contribution < -0.4 is 4.74 Å². The normalized spacial score (nSPS) is 14.2. The second-order valence-corrected chi connectivity index (χ2v) is 7.39. The highest BCUT2D eigenvalue weighted by Crippen LogP contribution is 2.29. The van der Waals surface area contributed by atoms with Crippen LogP contribution in [0.5, 0.6) is 5.75 Å². The van der Waals surface area contributed by atoms with Crippen LogP contribution in [0.15, 0.2) is 59.1 Å². The van der Waals surface area contributed by atoms with E-state index in [1.807, 2.05) is 31.2 Å². The van der Waals surface area contributed by atoms with Gasteiger partial charge in [-0.05, 0) is 43.4 Å². The van der Waals surface area contributed by atoms with E-state index in [2.05, 4.69) is 45.4 Å². The van der Waals surface area contributed by atoms with Gasteiger partial charge in [0.25, 0.3) is 0 Å². The van der Waals surface area contributed by atoms with Crippen LogP contribution in [0.25, 0.3) is 11.4 Å². The van der Waals surface area contributed by atoms with Crippen molar-refractivity contribution in [2.45, 2.75) is 39.3 Å². The van der Waals surface area contributed by atoms with Crippen LogP contribution in [0.2, 0.25) is 0 Å². The minimum Gasteiger partial charge on any atom is -0.493 e. The van der Waals surface area contributed by atoms with Crippen molar-refractivity contribution in [2.24, 2.45) is 5.92 Å². The first kappa shape index (κ1) is 18.7. The van der Waals surface area contributed by atoms with Gasteiger partial charge in [-0.2, -0.15) is 4.98 Å². The quantitative estimate of drug-likeness (QED) is 0.529. The summed E-state index contributed by atoms with van der Waals surface area (Å²) in [5.74, 6) is 2.80. The Bertz CT molecular complexity index is 874. The molecule has 28 heavy (non-hydrogen) atoms. The lowest BCUT2D eigenvalue weighted by Gasteiger charge is -2.31. The third-order valence-corrected chi connectivity index (χ3v) is 5.24. The van der Waals surface area contributed by atoms with Crippen molar-refractivity contribution in [1.29, 1.82) is 0 Å². The lowest BCUT2D eigenvalue weighted by atomic mass is 9.85. The summed E-state index contributed by atoms with van der Waals surface area (Å²) in [5, 5.41) is 4.21. The molecule has 5 nitrogen and oxygen atoms in total. The van der Waals surface area contributed by atoms with Gasteiger partial charge in [0.2, 0.25) is 11.7 Å². The van der Waals surface area contributed by atoms with E-state index in [1.54, 1.807) is 0 Å². The largest absolute Gasteiger partial charge is 0.493 e. The number of nitrogens with zero attached hydrogens (tertiary/aromatic N) is 3. The number of ether oxygens (including phenoxy) is 1. The second kappa shape index (κ2) is 9.02. The van der Waals surface area contributed by atoms with Gasteiger partial charge in [0.05, 0.1) is 18.7 Å². The lowest BCUT2D eigenvalue weighted by Crippen LogP contribution is -2.32. The zero-order valence-electron chi connectivity index (χ0n) is 16.4. The topological polar surface area (TPSA) is 51.4 Å². The molecular weight excluding hydrogens is 350 g/mol. The van der Waals surface area contributed by atoms with Gasteiger partial charge in [-0.3, -0.25) is 4.90 Å². The van der Waals surface area contributed by atoms with Gasteiger partial charge >= 0.3 is 0 Å². The first-order chi connectivity index (χ1) is 13.8. The van der Waals surface area contributed by atoms with Gasteiger partial charge in [-0.25, -0.2) is 0 Å². The zero-order chi connectivity index (χ0) is 19.2. The molecule has 0 radical (unpaired) electrons. The van der Waals surface area contributed by atoms with Gasteiger partial charge in [-0.15, -0.1) is 0 Å². The van der Waals surface area contributed by atoms with Crippen molar-refractivity contribution in [2.75, 3.05) is 13.2 Å². The van der Waals surface area contributed by atoms with Crippen LogP contribution in [0.1, 0.15) is 37.6 Å². The van der Waals surface area contributed by atoms with Gasteiger partial charge in [0, 0.05) is 13.1 Å². The standard InChI is InChI=1S/C23H27N3O2/c1-2-27-21-14-7-6-13-20(21)23-24-22(28-25-23)17-26(16-19-11-8-12-19)15-18-9-4-3-5-10-18/h3-7,9-10,13-14,19H,2,8,11-12,15-17H2,1H3. The number of para-hydroxylation sites is 1. The van der Waals surface area contributed by atoms with Crippen LogP contribution in [-0.2, 0) is 13.1 Å². The Labute approximate surface area is 166 Å². The molecule has 1 aliphatic rings. The number of hydrogen-bond donors (Lipinski definition) is 0. The first-order valence-electron chi connectivity index (χ1n) is 10.1. The van der Waals surface area contributed by atoms with Crippen molar-refractivity contribution in [3.63, 3.8) is 0 Å². The zero-order valence-corrected chi connectivity index (χ0v) is 16.4. The average molecular weight is 377 g/mol. The molecule has 1 saturated carbocycles. The number of aromatic nitrogens is 2. The summed E-state index contributed by atoms with van der Waals surface area (Å²) in [6.45, 7) is 5.20. The molecule has 1 aliphatic carbocycles. The fraction of sp³-hybridized carbons (Fsp3) is 0.391. The fourth-order valence-corrected chi connectivity index (χ4v) is 3.62. The van der Waals surface area contributed by atoms with E-state index in [-0.39, 0.29) is 0 Å². The van der Waals surface area contributed by atoms with Gasteiger partial charge in [0.1, 0.15) is 5.75 Å². The Morgan fingerprint density at radius 2 is 1.82 bits per heavy atom. The summed E-state index contributed by atoms with van der Waals surface area (Å²) in [6, 6.07) is 18.4. The van der Waals surface area contributed by atoms with Crippen molar-refractivity contribution >= 4 is 0 Å². The fourth-order valence-electron chi connectivity index (χ4n) is 3.62. The van der Waals surface area contributed by atoms with E-state index >= 15 is 0 Å². The van der Waals surface area contributed by atoms with E-state index in [4.69, 9.17) is 9.26 Å². The molecule has 1 aromatic heterocycles. The average Bonchev–Trinajstić information content (AvgIpc) is 3.14. The summed E-state index contributed by atoms with van der Waals surface area (Å²) in [5.41, 5.74) is 2.18. The van der Waals surface area contributed by atoms with Crippen molar-refractivity contribution in [3.8, 4) is 17.1 Å². The SMILES string of the molecule is CCOc1ccccc1-c1noc(CN(Cc2ccccc2)CC2CCC2)n1. The molecule has 1 heterocycles. The number of benzene rings is 2. The molecule has 0 unspecified atom stereocenters. The van der Waals surface area contributed by atoms with E-state index in [0.29, 0.717) is 24.9 Å². The van der Waals surface area contributed by atoms with Crippen LogP contribution in [0.4, 0.5) is 0 Å². The summed E-state index contributed by atoms with van der Waals surface area (Å²) < 4.78 is 11.3. The minimum atomic E-state index is 0.586. The summed E-state index contributed by atoms with van der Waals surface area (Å²) in [4.78, 5) is 7.08. The van der Waals surface area contributed by atoms with Crippen LogP contribution >= 0.6 is 0 Å². The molecule has 2 aromatic carbocycles. The molecule has 0 saturated heterocycles. The van der Waals surface area contributed by atoms with E-state index in [9.17, 15) is 0 Å². The Kier molecular flexibility index (Phi) is 6.02.